The first-order valence-electron chi connectivity index (χ1n) is 6.35. The van der Waals surface area contributed by atoms with Gasteiger partial charge in [0, 0.05) is 23.6 Å². The van der Waals surface area contributed by atoms with Crippen LogP contribution in [0.1, 0.15) is 13.3 Å². The minimum atomic E-state index is -1.27. The zero-order valence-electron chi connectivity index (χ0n) is 11.6. The molecule has 3 atom stereocenters. The molecule has 2 amide bonds. The van der Waals surface area contributed by atoms with Crippen LogP contribution in [-0.2, 0) is 14.4 Å². The number of nitrogens with zero attached hydrogens (tertiary/aromatic N) is 1. The van der Waals surface area contributed by atoms with Gasteiger partial charge in [-0.05, 0) is 6.92 Å². The van der Waals surface area contributed by atoms with E-state index in [2.05, 4.69) is 0 Å². The van der Waals surface area contributed by atoms with E-state index in [4.69, 9.17) is 11.5 Å². The average molecular weight is 317 g/mol. The maximum absolute atomic E-state index is 11.5. The second-order valence-corrected chi connectivity index (χ2v) is 5.86. The number of aliphatic hydroxyl groups is 1. The molecule has 9 heteroatoms. The molecule has 0 radical (unpaired) electrons. The molecule has 1 aliphatic rings. The summed E-state index contributed by atoms with van der Waals surface area (Å²) in [6.45, 7) is 1.73. The summed E-state index contributed by atoms with van der Waals surface area (Å²) >= 11 is 1.22. The molecule has 1 aliphatic heterocycles. The number of hydrogen-bond acceptors (Lipinski definition) is 6. The summed E-state index contributed by atoms with van der Waals surface area (Å²) in [4.78, 5) is 35.6. The van der Waals surface area contributed by atoms with E-state index in [1.807, 2.05) is 0 Å². The molecular weight excluding hydrogens is 298 g/mol. The van der Waals surface area contributed by atoms with Crippen molar-refractivity contribution in [1.82, 2.24) is 4.90 Å². The number of nitrogens with two attached hydrogens (primary N) is 2. The van der Waals surface area contributed by atoms with Gasteiger partial charge in [0.15, 0.2) is 0 Å². The molecule has 8 nitrogen and oxygen atoms in total. The molecule has 1 rings (SSSR count). The Kier molecular flexibility index (Phi) is 6.19. The van der Waals surface area contributed by atoms with Crippen LogP contribution in [-0.4, -0.2) is 57.8 Å². The van der Waals surface area contributed by atoms with Gasteiger partial charge in [-0.25, -0.2) is 4.79 Å². The van der Waals surface area contributed by atoms with Crippen LogP contribution in [0.2, 0.25) is 0 Å². The lowest BCUT2D eigenvalue weighted by Gasteiger charge is -2.29. The summed E-state index contributed by atoms with van der Waals surface area (Å²) < 4.78 is 0. The summed E-state index contributed by atoms with van der Waals surface area (Å²) in [7, 11) is 0. The van der Waals surface area contributed by atoms with E-state index >= 15 is 0 Å². The summed E-state index contributed by atoms with van der Waals surface area (Å²) in [5.41, 5.74) is 10.5. The number of primary amides is 1. The second kappa shape index (κ2) is 7.43. The van der Waals surface area contributed by atoms with Gasteiger partial charge in [0.05, 0.1) is 18.1 Å². The molecule has 0 spiro atoms. The number of carboxylic acid groups (broad SMARTS) is 1. The van der Waals surface area contributed by atoms with Crippen LogP contribution in [0.3, 0.4) is 0 Å². The van der Waals surface area contributed by atoms with Gasteiger partial charge in [0.25, 0.3) is 0 Å². The highest BCUT2D eigenvalue weighted by Gasteiger charge is 2.43. The Hall–Kier alpha value is -1.58. The molecule has 0 aliphatic carbocycles. The predicted octanol–water partition coefficient (Wildman–Crippen LogP) is -1.31. The van der Waals surface area contributed by atoms with Gasteiger partial charge >= 0.3 is 5.97 Å². The van der Waals surface area contributed by atoms with Gasteiger partial charge in [-0.15, -0.1) is 11.8 Å². The summed E-state index contributed by atoms with van der Waals surface area (Å²) in [5, 5.41) is 19.0. The maximum Gasteiger partial charge on any atom is 0.353 e. The minimum Gasteiger partial charge on any atom is -0.477 e. The van der Waals surface area contributed by atoms with E-state index in [0.717, 1.165) is 4.90 Å². The van der Waals surface area contributed by atoms with E-state index in [-0.39, 0.29) is 12.1 Å². The number of amides is 2. The molecule has 21 heavy (non-hydrogen) atoms. The fourth-order valence-corrected chi connectivity index (χ4v) is 3.40. The molecule has 0 saturated heterocycles. The zero-order valence-corrected chi connectivity index (χ0v) is 12.4. The van der Waals surface area contributed by atoms with Crippen LogP contribution in [0.15, 0.2) is 10.6 Å². The van der Waals surface area contributed by atoms with Gasteiger partial charge < -0.3 is 26.6 Å². The Labute approximate surface area is 126 Å². The normalized spacial score (nSPS) is 21.3. The molecule has 0 aromatic carbocycles. The fourth-order valence-electron chi connectivity index (χ4n) is 2.41. The summed E-state index contributed by atoms with van der Waals surface area (Å²) in [5.74, 6) is -2.60. The first kappa shape index (κ1) is 17.5. The second-order valence-electron chi connectivity index (χ2n) is 4.67. The van der Waals surface area contributed by atoms with Crippen molar-refractivity contribution in [2.24, 2.45) is 17.4 Å². The number of thioether (sulfide) groups is 1. The van der Waals surface area contributed by atoms with Gasteiger partial charge in [-0.1, -0.05) is 0 Å². The SMILES string of the molecule is CC(O)C(C(N)=O)C1CC(SCCN)=C(C(=O)O)N1C=O. The summed E-state index contributed by atoms with van der Waals surface area (Å²) in [6, 6.07) is -0.800. The van der Waals surface area contributed by atoms with Crippen molar-refractivity contribution >= 4 is 30.0 Å². The van der Waals surface area contributed by atoms with Crippen molar-refractivity contribution in [2.45, 2.75) is 25.5 Å². The van der Waals surface area contributed by atoms with Crippen molar-refractivity contribution in [3.8, 4) is 0 Å². The number of aliphatic hydroxyl groups excluding tert-OH is 1. The number of rotatable bonds is 8. The number of hydrogen-bond donors (Lipinski definition) is 4. The molecular formula is C12H19N3O5S. The van der Waals surface area contributed by atoms with Crippen LogP contribution < -0.4 is 11.5 Å². The Balaban J connectivity index is 3.15. The molecule has 1 heterocycles. The highest BCUT2D eigenvalue weighted by molar-refractivity contribution is 8.03. The van der Waals surface area contributed by atoms with Crippen molar-refractivity contribution < 1.29 is 24.6 Å². The van der Waals surface area contributed by atoms with Crippen molar-refractivity contribution in [3.63, 3.8) is 0 Å². The number of aliphatic carboxylic acids is 1. The van der Waals surface area contributed by atoms with Crippen LogP contribution >= 0.6 is 11.8 Å². The van der Waals surface area contributed by atoms with Gasteiger partial charge in [-0.3, -0.25) is 9.59 Å². The third-order valence-corrected chi connectivity index (χ3v) is 4.40. The molecule has 118 valence electrons. The van der Waals surface area contributed by atoms with Crippen molar-refractivity contribution in [1.29, 1.82) is 0 Å². The van der Waals surface area contributed by atoms with E-state index < -0.39 is 29.9 Å². The van der Waals surface area contributed by atoms with Crippen LogP contribution in [0.4, 0.5) is 0 Å². The fraction of sp³-hybridized carbons (Fsp3) is 0.583. The van der Waals surface area contributed by atoms with Crippen LogP contribution in [0, 0.1) is 5.92 Å². The molecule has 0 fully saturated rings. The minimum absolute atomic E-state index is 0.156. The Morgan fingerprint density at radius 3 is 2.57 bits per heavy atom. The smallest absolute Gasteiger partial charge is 0.353 e. The average Bonchev–Trinajstić information content (AvgIpc) is 2.73. The first-order chi connectivity index (χ1) is 9.84. The maximum atomic E-state index is 11.5. The van der Waals surface area contributed by atoms with Gasteiger partial charge in [0.1, 0.15) is 5.70 Å². The van der Waals surface area contributed by atoms with Gasteiger partial charge in [-0.2, -0.15) is 0 Å². The topological polar surface area (TPSA) is 147 Å². The van der Waals surface area contributed by atoms with E-state index in [1.165, 1.54) is 18.7 Å². The van der Waals surface area contributed by atoms with Crippen LogP contribution in [0.25, 0.3) is 0 Å². The molecule has 6 N–H and O–H groups in total. The molecule has 3 unspecified atom stereocenters. The quantitative estimate of drug-likeness (QED) is 0.406. The lowest BCUT2D eigenvalue weighted by atomic mass is 9.92. The predicted molar refractivity (Wildman–Crippen MR) is 76.8 cm³/mol. The zero-order chi connectivity index (χ0) is 16.2. The van der Waals surface area contributed by atoms with E-state index in [1.54, 1.807) is 0 Å². The monoisotopic (exact) mass is 317 g/mol. The third-order valence-electron chi connectivity index (χ3n) is 3.25. The standard InChI is InChI=1S/C12H19N3O5S/c1-6(17)9(11(14)18)7-4-8(21-3-2-13)10(12(19)20)15(7)5-16/h5-7,9,17H,2-4,13H2,1H3,(H2,14,18)(H,19,20). The summed E-state index contributed by atoms with van der Waals surface area (Å²) in [6.07, 6.45) is -0.588. The lowest BCUT2D eigenvalue weighted by molar-refractivity contribution is -0.139. The number of carbonyl (C=O) groups is 3. The molecule has 0 bridgehead atoms. The van der Waals surface area contributed by atoms with Crippen molar-refractivity contribution in [2.75, 3.05) is 12.3 Å². The molecule has 0 aromatic heterocycles. The first-order valence-corrected chi connectivity index (χ1v) is 7.34. The lowest BCUT2D eigenvalue weighted by Crippen LogP contribution is -2.47. The molecule has 0 aromatic rings. The Bertz CT molecular complexity index is 466. The van der Waals surface area contributed by atoms with E-state index in [9.17, 15) is 24.6 Å². The highest BCUT2D eigenvalue weighted by atomic mass is 32.2. The van der Waals surface area contributed by atoms with Crippen LogP contribution in [0.5, 0.6) is 0 Å². The van der Waals surface area contributed by atoms with Crippen molar-refractivity contribution in [3.05, 3.63) is 10.6 Å². The third kappa shape index (κ3) is 3.74. The van der Waals surface area contributed by atoms with Gasteiger partial charge in [0.2, 0.25) is 12.3 Å². The number of carbonyl (C=O) groups excluding carboxylic acids is 2. The highest BCUT2D eigenvalue weighted by Crippen LogP contribution is 2.38. The number of carboxylic acids is 1. The van der Waals surface area contributed by atoms with E-state index in [0.29, 0.717) is 23.6 Å². The molecule has 0 saturated carbocycles. The Morgan fingerprint density at radius 2 is 2.19 bits per heavy atom. The Morgan fingerprint density at radius 1 is 1.57 bits per heavy atom. The largest absolute Gasteiger partial charge is 0.477 e.